The zero-order valence-corrected chi connectivity index (χ0v) is 16.9. The Balaban J connectivity index is 1.37. The Hall–Kier alpha value is -0.840. The van der Waals surface area contributed by atoms with Gasteiger partial charge in [-0.05, 0) is 87.9 Å². The molecule has 0 radical (unpaired) electrons. The fourth-order valence-electron chi connectivity index (χ4n) is 5.16. The van der Waals surface area contributed by atoms with E-state index in [-0.39, 0.29) is 6.08 Å². The SMILES string of the molecule is CC1CCC(C2CCC(/C=C/C3CCC(/C(F)=C/C(F)(F)F)CC3)CC2)OC1. The van der Waals surface area contributed by atoms with Crippen molar-refractivity contribution in [2.24, 2.45) is 29.6 Å². The normalized spacial score (nSPS) is 38.7. The minimum atomic E-state index is -4.55. The second kappa shape index (κ2) is 9.77. The number of hydrogen-bond donors (Lipinski definition) is 0. The van der Waals surface area contributed by atoms with E-state index in [0.717, 1.165) is 19.4 Å². The van der Waals surface area contributed by atoms with Crippen LogP contribution in [-0.2, 0) is 4.74 Å². The van der Waals surface area contributed by atoms with Crippen molar-refractivity contribution in [2.45, 2.75) is 83.4 Å². The fraction of sp³-hybridized carbons (Fsp3) is 0.826. The first kappa shape index (κ1) is 21.9. The summed E-state index contributed by atoms with van der Waals surface area (Å²) in [6.07, 6.45) is 10.3. The summed E-state index contributed by atoms with van der Waals surface area (Å²) in [4.78, 5) is 0. The van der Waals surface area contributed by atoms with Crippen LogP contribution in [0.5, 0.6) is 0 Å². The molecule has 2 unspecified atom stereocenters. The molecule has 1 nitrogen and oxygen atoms in total. The summed E-state index contributed by atoms with van der Waals surface area (Å²) < 4.78 is 56.6. The molecule has 0 aromatic heterocycles. The second-order valence-corrected chi connectivity index (χ2v) is 9.30. The molecule has 1 heterocycles. The molecule has 3 aliphatic rings. The monoisotopic (exact) mass is 402 g/mol. The van der Waals surface area contributed by atoms with Gasteiger partial charge in [-0.15, -0.1) is 0 Å². The summed E-state index contributed by atoms with van der Waals surface area (Å²) in [5, 5.41) is 0. The van der Waals surface area contributed by atoms with Crippen LogP contribution in [-0.4, -0.2) is 18.9 Å². The Labute approximate surface area is 166 Å². The molecule has 2 saturated carbocycles. The highest BCUT2D eigenvalue weighted by Gasteiger charge is 2.31. The van der Waals surface area contributed by atoms with E-state index in [1.165, 1.54) is 38.5 Å². The van der Waals surface area contributed by atoms with Crippen LogP contribution in [0, 0.1) is 29.6 Å². The van der Waals surface area contributed by atoms with E-state index < -0.39 is 17.9 Å². The number of ether oxygens (including phenoxy) is 1. The molecule has 28 heavy (non-hydrogen) atoms. The molecular weight excluding hydrogens is 368 g/mol. The highest BCUT2D eigenvalue weighted by Crippen LogP contribution is 2.38. The molecule has 160 valence electrons. The van der Waals surface area contributed by atoms with E-state index in [0.29, 0.717) is 42.6 Å². The highest BCUT2D eigenvalue weighted by molar-refractivity contribution is 5.05. The van der Waals surface area contributed by atoms with Gasteiger partial charge in [0.1, 0.15) is 5.83 Å². The summed E-state index contributed by atoms with van der Waals surface area (Å²) in [6.45, 7) is 3.16. The molecule has 1 aliphatic heterocycles. The predicted octanol–water partition coefficient (Wildman–Crippen LogP) is 7.39. The van der Waals surface area contributed by atoms with Crippen molar-refractivity contribution in [1.82, 2.24) is 0 Å². The number of allylic oxidation sites excluding steroid dienone is 4. The lowest BCUT2D eigenvalue weighted by molar-refractivity contribution is -0.0820. The Morgan fingerprint density at radius 3 is 1.89 bits per heavy atom. The molecule has 3 rings (SSSR count). The minimum absolute atomic E-state index is 0.164. The molecule has 5 heteroatoms. The van der Waals surface area contributed by atoms with E-state index in [2.05, 4.69) is 19.1 Å². The van der Waals surface area contributed by atoms with Crippen molar-refractivity contribution >= 4 is 0 Å². The first-order valence-electron chi connectivity index (χ1n) is 11.0. The van der Waals surface area contributed by atoms with Gasteiger partial charge in [-0.2, -0.15) is 13.2 Å². The lowest BCUT2D eigenvalue weighted by Crippen LogP contribution is -2.33. The van der Waals surface area contributed by atoms with Gasteiger partial charge in [-0.3, -0.25) is 0 Å². The summed E-state index contributed by atoms with van der Waals surface area (Å²) in [5.41, 5.74) is 0. The summed E-state index contributed by atoms with van der Waals surface area (Å²) in [5.74, 6) is 0.848. The summed E-state index contributed by atoms with van der Waals surface area (Å²) >= 11 is 0. The van der Waals surface area contributed by atoms with Gasteiger partial charge in [0.2, 0.25) is 0 Å². The molecule has 3 fully saturated rings. The van der Waals surface area contributed by atoms with E-state index in [4.69, 9.17) is 4.74 Å². The molecule has 0 amide bonds. The molecule has 0 spiro atoms. The standard InChI is InChI=1S/C23H34F4O/c1-16-2-13-22(28-15-16)20-11-7-18(8-12-20)4-3-17-5-9-19(10-6-17)21(24)14-23(25,26)27/h3-4,14,16-20,22H,2,5-13,15H2,1H3/b4-3+,21-14-. The van der Waals surface area contributed by atoms with Gasteiger partial charge in [0.15, 0.2) is 0 Å². The van der Waals surface area contributed by atoms with Crippen molar-refractivity contribution in [1.29, 1.82) is 0 Å². The lowest BCUT2D eigenvalue weighted by Gasteiger charge is -2.36. The maximum absolute atomic E-state index is 13.7. The van der Waals surface area contributed by atoms with Crippen LogP contribution in [0.3, 0.4) is 0 Å². The average Bonchev–Trinajstić information content (AvgIpc) is 2.66. The first-order valence-corrected chi connectivity index (χ1v) is 11.0. The molecule has 0 N–H and O–H groups in total. The zero-order valence-electron chi connectivity index (χ0n) is 16.9. The van der Waals surface area contributed by atoms with Crippen molar-refractivity contribution in [3.8, 4) is 0 Å². The average molecular weight is 403 g/mol. The largest absolute Gasteiger partial charge is 0.412 e. The van der Waals surface area contributed by atoms with Gasteiger partial charge in [-0.1, -0.05) is 19.1 Å². The van der Waals surface area contributed by atoms with Crippen molar-refractivity contribution in [3.63, 3.8) is 0 Å². The fourth-order valence-corrected chi connectivity index (χ4v) is 5.16. The maximum Gasteiger partial charge on any atom is 0.412 e. The Morgan fingerprint density at radius 1 is 0.821 bits per heavy atom. The lowest BCUT2D eigenvalue weighted by atomic mass is 9.76. The van der Waals surface area contributed by atoms with Crippen molar-refractivity contribution < 1.29 is 22.3 Å². The van der Waals surface area contributed by atoms with Gasteiger partial charge in [0.25, 0.3) is 0 Å². The smallest absolute Gasteiger partial charge is 0.378 e. The second-order valence-electron chi connectivity index (χ2n) is 9.30. The minimum Gasteiger partial charge on any atom is -0.378 e. The van der Waals surface area contributed by atoms with Crippen molar-refractivity contribution in [3.05, 3.63) is 24.1 Å². The van der Waals surface area contributed by atoms with Crippen LogP contribution in [0.1, 0.15) is 71.1 Å². The Morgan fingerprint density at radius 2 is 1.39 bits per heavy atom. The molecular formula is C23H34F4O. The van der Waals surface area contributed by atoms with Gasteiger partial charge in [0, 0.05) is 12.5 Å². The predicted molar refractivity (Wildman–Crippen MR) is 103 cm³/mol. The highest BCUT2D eigenvalue weighted by atomic mass is 19.4. The van der Waals surface area contributed by atoms with Crippen LogP contribution in [0.2, 0.25) is 0 Å². The van der Waals surface area contributed by atoms with Gasteiger partial charge in [0.05, 0.1) is 12.2 Å². The number of alkyl halides is 3. The van der Waals surface area contributed by atoms with Crippen LogP contribution in [0.25, 0.3) is 0 Å². The van der Waals surface area contributed by atoms with E-state index in [9.17, 15) is 17.6 Å². The van der Waals surface area contributed by atoms with Crippen LogP contribution in [0.15, 0.2) is 24.1 Å². The van der Waals surface area contributed by atoms with E-state index in [1.54, 1.807) is 0 Å². The van der Waals surface area contributed by atoms with Gasteiger partial charge >= 0.3 is 6.18 Å². The first-order chi connectivity index (χ1) is 13.3. The zero-order chi connectivity index (χ0) is 20.1. The third-order valence-electron chi connectivity index (χ3n) is 7.00. The summed E-state index contributed by atoms with van der Waals surface area (Å²) in [6, 6.07) is 0. The quantitative estimate of drug-likeness (QED) is 0.352. The number of halogens is 4. The molecule has 0 aromatic rings. The molecule has 1 saturated heterocycles. The van der Waals surface area contributed by atoms with Gasteiger partial charge in [-0.25, -0.2) is 4.39 Å². The third kappa shape index (κ3) is 6.60. The van der Waals surface area contributed by atoms with Crippen LogP contribution < -0.4 is 0 Å². The summed E-state index contributed by atoms with van der Waals surface area (Å²) in [7, 11) is 0. The van der Waals surface area contributed by atoms with E-state index >= 15 is 0 Å². The topological polar surface area (TPSA) is 9.23 Å². The van der Waals surface area contributed by atoms with Crippen molar-refractivity contribution in [2.75, 3.05) is 6.61 Å². The van der Waals surface area contributed by atoms with Crippen LogP contribution in [0.4, 0.5) is 17.6 Å². The molecule has 0 aromatic carbocycles. The molecule has 0 bridgehead atoms. The Kier molecular flexibility index (Phi) is 7.63. The number of hydrogen-bond acceptors (Lipinski definition) is 1. The van der Waals surface area contributed by atoms with E-state index in [1.807, 2.05) is 0 Å². The maximum atomic E-state index is 13.7. The third-order valence-corrected chi connectivity index (χ3v) is 7.00. The van der Waals surface area contributed by atoms with Crippen LogP contribution >= 0.6 is 0 Å². The Bertz CT molecular complexity index is 529. The molecule has 2 aliphatic carbocycles. The number of rotatable bonds is 4. The molecule has 2 atom stereocenters. The van der Waals surface area contributed by atoms with Gasteiger partial charge < -0.3 is 4.74 Å².